The first-order chi connectivity index (χ1) is 9.11. The summed E-state index contributed by atoms with van der Waals surface area (Å²) >= 11 is 17.3. The van der Waals surface area contributed by atoms with Crippen molar-refractivity contribution in [2.75, 3.05) is 17.7 Å². The van der Waals surface area contributed by atoms with Gasteiger partial charge in [-0.25, -0.2) is 4.98 Å². The molecular formula is C12H12Cl3N3O. The van der Waals surface area contributed by atoms with Gasteiger partial charge in [0.05, 0.1) is 12.0 Å². The Bertz CT molecular complexity index is 542. The van der Waals surface area contributed by atoms with E-state index in [2.05, 4.69) is 10.3 Å². The highest BCUT2D eigenvalue weighted by molar-refractivity contribution is 6.40. The van der Waals surface area contributed by atoms with Gasteiger partial charge in [0.2, 0.25) is 0 Å². The van der Waals surface area contributed by atoms with Gasteiger partial charge in [0.25, 0.3) is 0 Å². The molecule has 7 heteroatoms. The van der Waals surface area contributed by atoms with Gasteiger partial charge in [0.15, 0.2) is 10.3 Å². The molecule has 4 nitrogen and oxygen atoms in total. The second kappa shape index (κ2) is 6.48. The van der Waals surface area contributed by atoms with E-state index in [0.29, 0.717) is 11.7 Å². The maximum Gasteiger partial charge on any atom is 0.166 e. The fourth-order valence-corrected chi connectivity index (χ4v) is 1.96. The fraction of sp³-hybridized carbons (Fsp3) is 0.250. The summed E-state index contributed by atoms with van der Waals surface area (Å²) in [6.07, 6.45) is 0.993. The van der Waals surface area contributed by atoms with Gasteiger partial charge in [0.1, 0.15) is 6.33 Å². The Balaban J connectivity index is 2.08. The molecule has 2 aromatic rings. The third-order valence-electron chi connectivity index (χ3n) is 2.53. The lowest BCUT2D eigenvalue weighted by Gasteiger charge is -2.11. The lowest BCUT2D eigenvalue weighted by Crippen LogP contribution is -2.20. The number of hydrogen-bond donors (Lipinski definition) is 2. The minimum atomic E-state index is -0.566. The van der Waals surface area contributed by atoms with Gasteiger partial charge in [-0.3, -0.25) is 4.57 Å². The predicted octanol–water partition coefficient (Wildman–Crippen LogP) is 3.19. The molecule has 0 bridgehead atoms. The van der Waals surface area contributed by atoms with Gasteiger partial charge in [-0.05, 0) is 24.3 Å². The molecule has 0 aliphatic rings. The van der Waals surface area contributed by atoms with E-state index in [-0.39, 0.29) is 11.0 Å². The van der Waals surface area contributed by atoms with Gasteiger partial charge < -0.3 is 10.4 Å². The van der Waals surface area contributed by atoms with Crippen molar-refractivity contribution in [3.63, 3.8) is 0 Å². The van der Waals surface area contributed by atoms with Crippen LogP contribution in [-0.4, -0.2) is 33.2 Å². The molecule has 1 aromatic heterocycles. The van der Waals surface area contributed by atoms with E-state index in [1.54, 1.807) is 10.9 Å². The monoisotopic (exact) mass is 319 g/mol. The fourth-order valence-electron chi connectivity index (χ4n) is 1.52. The Morgan fingerprint density at radius 3 is 2.47 bits per heavy atom. The molecule has 102 valence electrons. The van der Waals surface area contributed by atoms with Gasteiger partial charge in [-0.15, -0.1) is 11.6 Å². The van der Waals surface area contributed by atoms with Gasteiger partial charge >= 0.3 is 0 Å². The lowest BCUT2D eigenvalue weighted by atomic mass is 10.2. The third kappa shape index (κ3) is 3.54. The number of halogens is 3. The number of alkyl halides is 1. The van der Waals surface area contributed by atoms with Crippen LogP contribution in [0.1, 0.15) is 0 Å². The summed E-state index contributed by atoms with van der Waals surface area (Å²) in [5.74, 6) is 0.203. The van der Waals surface area contributed by atoms with Gasteiger partial charge in [-0.1, -0.05) is 23.2 Å². The number of imidazole rings is 1. The second-order valence-electron chi connectivity index (χ2n) is 3.93. The Labute approximate surface area is 125 Å². The number of rotatable bonds is 5. The van der Waals surface area contributed by atoms with Crippen molar-refractivity contribution in [3.8, 4) is 5.69 Å². The van der Waals surface area contributed by atoms with Crippen LogP contribution in [-0.2, 0) is 0 Å². The normalized spacial score (nSPS) is 12.4. The van der Waals surface area contributed by atoms with Crippen molar-refractivity contribution >= 4 is 40.5 Å². The number of hydrogen-bond acceptors (Lipinski definition) is 3. The molecule has 0 aliphatic heterocycles. The summed E-state index contributed by atoms with van der Waals surface area (Å²) in [5.41, 5.74) is 1.74. The molecule has 2 rings (SSSR count). The molecule has 2 N–H and O–H groups in total. The van der Waals surface area contributed by atoms with Crippen LogP contribution >= 0.6 is 34.8 Å². The number of nitrogens with zero attached hydrogens (tertiary/aromatic N) is 2. The molecule has 1 aromatic carbocycles. The molecule has 1 unspecified atom stereocenters. The molecule has 0 fully saturated rings. The first kappa shape index (κ1) is 14.5. The highest BCUT2D eigenvalue weighted by Gasteiger charge is 2.07. The quantitative estimate of drug-likeness (QED) is 0.832. The minimum Gasteiger partial charge on any atom is -0.390 e. The SMILES string of the molecule is OC(CCl)CNc1ccc(-n2cnc(Cl)c2Cl)cc1. The Hall–Kier alpha value is -0.940. The van der Waals surface area contributed by atoms with Crippen molar-refractivity contribution in [2.24, 2.45) is 0 Å². The molecule has 0 saturated heterocycles. The standard InChI is InChI=1S/C12H12Cl3N3O/c13-5-10(19)6-16-8-1-3-9(4-2-8)18-7-17-11(14)12(18)15/h1-4,7,10,16,19H,5-6H2. The minimum absolute atomic E-state index is 0.203. The number of aromatic nitrogens is 2. The van der Waals surface area contributed by atoms with E-state index in [4.69, 9.17) is 34.8 Å². The zero-order valence-corrected chi connectivity index (χ0v) is 12.1. The summed E-state index contributed by atoms with van der Waals surface area (Å²) in [4.78, 5) is 3.92. The smallest absolute Gasteiger partial charge is 0.166 e. The Morgan fingerprint density at radius 2 is 1.95 bits per heavy atom. The highest BCUT2D eigenvalue weighted by atomic mass is 35.5. The van der Waals surface area contributed by atoms with Crippen molar-refractivity contribution in [2.45, 2.75) is 6.10 Å². The van der Waals surface area contributed by atoms with Crippen LogP contribution in [0.2, 0.25) is 10.3 Å². The van der Waals surface area contributed by atoms with E-state index in [0.717, 1.165) is 11.4 Å². The van der Waals surface area contributed by atoms with Crippen molar-refractivity contribution in [1.82, 2.24) is 9.55 Å². The summed E-state index contributed by atoms with van der Waals surface area (Å²) in [7, 11) is 0. The summed E-state index contributed by atoms with van der Waals surface area (Å²) in [6, 6.07) is 7.50. The van der Waals surface area contributed by atoms with Crippen LogP contribution in [0.15, 0.2) is 30.6 Å². The van der Waals surface area contributed by atoms with Gasteiger partial charge in [-0.2, -0.15) is 0 Å². The van der Waals surface area contributed by atoms with E-state index in [1.807, 2.05) is 24.3 Å². The molecular weight excluding hydrogens is 309 g/mol. The zero-order valence-electron chi connectivity index (χ0n) is 9.85. The van der Waals surface area contributed by atoms with Crippen LogP contribution in [0.4, 0.5) is 5.69 Å². The maximum absolute atomic E-state index is 9.35. The zero-order chi connectivity index (χ0) is 13.8. The van der Waals surface area contributed by atoms with E-state index < -0.39 is 6.10 Å². The Kier molecular flexibility index (Phi) is 4.93. The molecule has 1 atom stereocenters. The second-order valence-corrected chi connectivity index (χ2v) is 4.96. The number of nitrogens with one attached hydrogen (secondary N) is 1. The van der Waals surface area contributed by atoms with Crippen LogP contribution < -0.4 is 5.32 Å². The summed E-state index contributed by atoms with van der Waals surface area (Å²) in [5, 5.41) is 13.1. The third-order valence-corrected chi connectivity index (χ3v) is 3.62. The lowest BCUT2D eigenvalue weighted by molar-refractivity contribution is 0.211. The molecule has 1 heterocycles. The maximum atomic E-state index is 9.35. The van der Waals surface area contributed by atoms with Crippen molar-refractivity contribution in [1.29, 1.82) is 0 Å². The van der Waals surface area contributed by atoms with E-state index >= 15 is 0 Å². The summed E-state index contributed by atoms with van der Waals surface area (Å²) < 4.78 is 1.68. The van der Waals surface area contributed by atoms with E-state index in [1.165, 1.54) is 0 Å². The molecule has 0 spiro atoms. The number of anilines is 1. The molecule has 0 radical (unpaired) electrons. The predicted molar refractivity (Wildman–Crippen MR) is 78.8 cm³/mol. The van der Waals surface area contributed by atoms with Crippen LogP contribution in [0.3, 0.4) is 0 Å². The topological polar surface area (TPSA) is 50.1 Å². The van der Waals surface area contributed by atoms with Crippen LogP contribution in [0.25, 0.3) is 5.69 Å². The van der Waals surface area contributed by atoms with Crippen molar-refractivity contribution in [3.05, 3.63) is 40.9 Å². The largest absolute Gasteiger partial charge is 0.390 e. The highest BCUT2D eigenvalue weighted by Crippen LogP contribution is 2.24. The molecule has 0 saturated carbocycles. The number of aliphatic hydroxyl groups is 1. The van der Waals surface area contributed by atoms with E-state index in [9.17, 15) is 5.11 Å². The molecule has 0 aliphatic carbocycles. The average molecular weight is 321 g/mol. The Morgan fingerprint density at radius 1 is 1.26 bits per heavy atom. The van der Waals surface area contributed by atoms with Crippen LogP contribution in [0, 0.1) is 0 Å². The summed E-state index contributed by atoms with van der Waals surface area (Å²) in [6.45, 7) is 0.403. The average Bonchev–Trinajstić information content (AvgIpc) is 2.77. The first-order valence-corrected chi connectivity index (χ1v) is 6.87. The van der Waals surface area contributed by atoms with Gasteiger partial charge in [0, 0.05) is 17.9 Å². The number of aliphatic hydroxyl groups excluding tert-OH is 1. The molecule has 0 amide bonds. The number of benzene rings is 1. The van der Waals surface area contributed by atoms with Crippen LogP contribution in [0.5, 0.6) is 0 Å². The van der Waals surface area contributed by atoms with Crippen molar-refractivity contribution < 1.29 is 5.11 Å². The molecule has 19 heavy (non-hydrogen) atoms. The first-order valence-electron chi connectivity index (χ1n) is 5.58.